The van der Waals surface area contributed by atoms with Crippen LogP contribution in [0.2, 0.25) is 0 Å². The highest BCUT2D eigenvalue weighted by Crippen LogP contribution is 2.52. The number of hydrogen-bond acceptors (Lipinski definition) is 0. The Morgan fingerprint density at radius 3 is 2.20 bits per heavy atom. The number of rotatable bonds is 1. The highest BCUT2D eigenvalue weighted by Gasteiger charge is 2.42. The van der Waals surface area contributed by atoms with Gasteiger partial charge in [0.2, 0.25) is 0 Å². The second-order valence-electron chi connectivity index (χ2n) is 4.37. The third-order valence-electron chi connectivity index (χ3n) is 3.88. The van der Waals surface area contributed by atoms with E-state index in [1.54, 1.807) is 12.8 Å². The fraction of sp³-hybridized carbons (Fsp3) is 1.00. The Hall–Kier alpha value is 0. The summed E-state index contributed by atoms with van der Waals surface area (Å²) in [6.07, 6.45) is 6.10. The lowest BCUT2D eigenvalue weighted by Gasteiger charge is -2.50. The molecule has 0 aromatic carbocycles. The SMILES string of the molecule is CCC1C[C@@H](C)C2CC1C2. The Morgan fingerprint density at radius 1 is 1.10 bits per heavy atom. The van der Waals surface area contributed by atoms with Gasteiger partial charge in [-0.3, -0.25) is 0 Å². The first kappa shape index (κ1) is 6.69. The van der Waals surface area contributed by atoms with Gasteiger partial charge in [0, 0.05) is 0 Å². The summed E-state index contributed by atoms with van der Waals surface area (Å²) in [6.45, 7) is 4.80. The summed E-state index contributed by atoms with van der Waals surface area (Å²) in [5, 5.41) is 0. The molecule has 10 heavy (non-hydrogen) atoms. The van der Waals surface area contributed by atoms with Crippen molar-refractivity contribution in [2.45, 2.75) is 39.5 Å². The number of fused-ring (bicyclic) bond motifs is 2. The van der Waals surface area contributed by atoms with Crippen LogP contribution < -0.4 is 0 Å². The molecule has 0 spiro atoms. The van der Waals surface area contributed by atoms with E-state index in [-0.39, 0.29) is 0 Å². The molecular weight excluding hydrogens is 120 g/mol. The van der Waals surface area contributed by atoms with E-state index < -0.39 is 0 Å². The minimum absolute atomic E-state index is 1.05. The first-order valence-corrected chi connectivity index (χ1v) is 4.81. The molecule has 3 fully saturated rings. The molecule has 3 aliphatic carbocycles. The molecule has 0 N–H and O–H groups in total. The summed E-state index contributed by atoms with van der Waals surface area (Å²) >= 11 is 0. The summed E-state index contributed by atoms with van der Waals surface area (Å²) in [5.74, 6) is 4.42. The zero-order chi connectivity index (χ0) is 7.14. The van der Waals surface area contributed by atoms with E-state index in [2.05, 4.69) is 13.8 Å². The van der Waals surface area contributed by atoms with E-state index in [9.17, 15) is 0 Å². The molecule has 0 saturated heterocycles. The average molecular weight is 138 g/mol. The van der Waals surface area contributed by atoms with E-state index in [1.807, 2.05) is 0 Å². The van der Waals surface area contributed by atoms with Crippen LogP contribution in [0.25, 0.3) is 0 Å². The van der Waals surface area contributed by atoms with E-state index in [1.165, 1.54) is 12.8 Å². The molecule has 0 aromatic heterocycles. The van der Waals surface area contributed by atoms with Crippen molar-refractivity contribution < 1.29 is 0 Å². The lowest BCUT2D eigenvalue weighted by atomic mass is 9.55. The standard InChI is InChI=1S/C10H18/c1-3-8-4-7(2)9-5-10(8)6-9/h7-10H,3-6H2,1-2H3/t7-,8?,9?,10?/m1/s1. The first-order valence-electron chi connectivity index (χ1n) is 4.81. The second-order valence-corrected chi connectivity index (χ2v) is 4.37. The van der Waals surface area contributed by atoms with E-state index in [0.29, 0.717) is 0 Å². The van der Waals surface area contributed by atoms with Crippen molar-refractivity contribution in [2.24, 2.45) is 23.7 Å². The summed E-state index contributed by atoms with van der Waals surface area (Å²) in [5.41, 5.74) is 0. The van der Waals surface area contributed by atoms with Gasteiger partial charge in [0.1, 0.15) is 0 Å². The molecule has 2 bridgehead atoms. The molecule has 0 amide bonds. The molecule has 0 heteroatoms. The Labute approximate surface area is 64.0 Å². The Morgan fingerprint density at radius 2 is 1.80 bits per heavy atom. The third kappa shape index (κ3) is 0.810. The van der Waals surface area contributed by atoms with E-state index in [4.69, 9.17) is 0 Å². The van der Waals surface area contributed by atoms with Gasteiger partial charge in [-0.1, -0.05) is 20.3 Å². The van der Waals surface area contributed by atoms with Crippen LogP contribution in [0.15, 0.2) is 0 Å². The van der Waals surface area contributed by atoms with Crippen LogP contribution in [0.3, 0.4) is 0 Å². The molecule has 0 heterocycles. The molecule has 0 radical (unpaired) electrons. The summed E-state index contributed by atoms with van der Waals surface area (Å²) in [4.78, 5) is 0. The summed E-state index contributed by atoms with van der Waals surface area (Å²) in [6, 6.07) is 0. The normalized spacial score (nSPS) is 52.2. The molecule has 2 atom stereocenters. The zero-order valence-electron chi connectivity index (χ0n) is 7.14. The Balaban J connectivity index is 1.99. The minimum atomic E-state index is 1.05. The van der Waals surface area contributed by atoms with Crippen LogP contribution in [-0.2, 0) is 0 Å². The predicted molar refractivity (Wildman–Crippen MR) is 43.8 cm³/mol. The molecule has 3 aliphatic rings. The van der Waals surface area contributed by atoms with Crippen LogP contribution >= 0.6 is 0 Å². The maximum absolute atomic E-state index is 2.45. The Bertz CT molecular complexity index is 122. The zero-order valence-corrected chi connectivity index (χ0v) is 7.14. The van der Waals surface area contributed by atoms with Gasteiger partial charge in [0.05, 0.1) is 0 Å². The van der Waals surface area contributed by atoms with Crippen LogP contribution in [0.1, 0.15) is 39.5 Å². The predicted octanol–water partition coefficient (Wildman–Crippen LogP) is 3.08. The molecule has 1 unspecified atom stereocenters. The first-order chi connectivity index (χ1) is 4.81. The maximum Gasteiger partial charge on any atom is -0.0380 e. The van der Waals surface area contributed by atoms with Gasteiger partial charge in [-0.25, -0.2) is 0 Å². The van der Waals surface area contributed by atoms with Gasteiger partial charge >= 0.3 is 0 Å². The maximum atomic E-state index is 2.45. The van der Waals surface area contributed by atoms with Crippen LogP contribution in [0.5, 0.6) is 0 Å². The monoisotopic (exact) mass is 138 g/mol. The van der Waals surface area contributed by atoms with Gasteiger partial charge in [-0.15, -0.1) is 0 Å². The largest absolute Gasteiger partial charge is 0.0651 e. The van der Waals surface area contributed by atoms with Gasteiger partial charge in [0.25, 0.3) is 0 Å². The highest BCUT2D eigenvalue weighted by atomic mass is 14.5. The van der Waals surface area contributed by atoms with Crippen molar-refractivity contribution in [3.05, 3.63) is 0 Å². The quantitative estimate of drug-likeness (QED) is 0.522. The number of hydrogen-bond donors (Lipinski definition) is 0. The van der Waals surface area contributed by atoms with Crippen molar-refractivity contribution >= 4 is 0 Å². The van der Waals surface area contributed by atoms with Crippen LogP contribution in [0, 0.1) is 23.7 Å². The lowest BCUT2D eigenvalue weighted by molar-refractivity contribution is 0.000910. The summed E-state index contributed by atoms with van der Waals surface area (Å²) in [7, 11) is 0. The lowest BCUT2D eigenvalue weighted by Crippen LogP contribution is -2.40. The van der Waals surface area contributed by atoms with Crippen LogP contribution in [0.4, 0.5) is 0 Å². The van der Waals surface area contributed by atoms with Crippen molar-refractivity contribution in [1.82, 2.24) is 0 Å². The third-order valence-corrected chi connectivity index (χ3v) is 3.88. The van der Waals surface area contributed by atoms with Gasteiger partial charge in [0.15, 0.2) is 0 Å². The Kier molecular flexibility index (Phi) is 1.51. The molecule has 3 saturated carbocycles. The van der Waals surface area contributed by atoms with Crippen LogP contribution in [-0.4, -0.2) is 0 Å². The van der Waals surface area contributed by atoms with Crippen molar-refractivity contribution in [2.75, 3.05) is 0 Å². The topological polar surface area (TPSA) is 0 Å². The van der Waals surface area contributed by atoms with E-state index >= 15 is 0 Å². The minimum Gasteiger partial charge on any atom is -0.0651 e. The van der Waals surface area contributed by atoms with Crippen molar-refractivity contribution in [1.29, 1.82) is 0 Å². The molecule has 0 aromatic rings. The van der Waals surface area contributed by atoms with Gasteiger partial charge in [-0.05, 0) is 42.9 Å². The van der Waals surface area contributed by atoms with E-state index in [0.717, 1.165) is 23.7 Å². The smallest absolute Gasteiger partial charge is 0.0380 e. The molecule has 3 rings (SSSR count). The fourth-order valence-corrected chi connectivity index (χ4v) is 2.92. The van der Waals surface area contributed by atoms with Gasteiger partial charge < -0.3 is 0 Å². The fourth-order valence-electron chi connectivity index (χ4n) is 2.92. The average Bonchev–Trinajstić information content (AvgIpc) is 1.84. The molecule has 0 aliphatic heterocycles. The molecular formula is C10H18. The highest BCUT2D eigenvalue weighted by molar-refractivity contribution is 4.93. The molecule has 58 valence electrons. The second kappa shape index (κ2) is 2.25. The summed E-state index contributed by atoms with van der Waals surface area (Å²) < 4.78 is 0. The van der Waals surface area contributed by atoms with Crippen molar-refractivity contribution in [3.63, 3.8) is 0 Å². The van der Waals surface area contributed by atoms with Gasteiger partial charge in [-0.2, -0.15) is 0 Å². The molecule has 0 nitrogen and oxygen atoms in total. The van der Waals surface area contributed by atoms with Crippen molar-refractivity contribution in [3.8, 4) is 0 Å².